The van der Waals surface area contributed by atoms with Crippen LogP contribution in [-0.2, 0) is 6.42 Å². The maximum absolute atomic E-state index is 14.5. The molecule has 0 heterocycles. The van der Waals surface area contributed by atoms with Crippen LogP contribution in [0.1, 0.15) is 41.2 Å². The lowest BCUT2D eigenvalue weighted by Crippen LogP contribution is -1.93. The lowest BCUT2D eigenvalue weighted by molar-refractivity contribution is 0.511. The van der Waals surface area contributed by atoms with E-state index in [4.69, 9.17) is 0 Å². The average molecular weight is 442 g/mol. The Morgan fingerprint density at radius 2 is 1.12 bits per heavy atom. The summed E-state index contributed by atoms with van der Waals surface area (Å²) >= 11 is 0. The summed E-state index contributed by atoms with van der Waals surface area (Å²) in [5.74, 6) is 7.31. The van der Waals surface area contributed by atoms with E-state index in [1.54, 1.807) is 12.1 Å². The van der Waals surface area contributed by atoms with Crippen LogP contribution in [0.15, 0.2) is 66.7 Å². The zero-order valence-electron chi connectivity index (χ0n) is 17.8. The highest BCUT2D eigenvalue weighted by Crippen LogP contribution is 2.20. The number of hydrogen-bond donors (Lipinski definition) is 0. The molecule has 0 radical (unpaired) electrons. The SMILES string of the molecule is CCCc1ccc(C#Cc2cc(F)c(C#Cc3ccc4cc(F)c(F)cc4c3)c(F)c2)cc1. The Hall–Kier alpha value is -4.02. The van der Waals surface area contributed by atoms with E-state index in [0.29, 0.717) is 16.3 Å². The molecular weight excluding hydrogens is 424 g/mol. The van der Waals surface area contributed by atoms with Crippen molar-refractivity contribution in [1.29, 1.82) is 0 Å². The van der Waals surface area contributed by atoms with Crippen molar-refractivity contribution in [2.75, 3.05) is 0 Å². The first kappa shape index (κ1) is 22.2. The number of aryl methyl sites for hydroxylation is 1. The Labute approximate surface area is 189 Å². The van der Waals surface area contributed by atoms with Crippen molar-refractivity contribution in [2.45, 2.75) is 19.8 Å². The maximum Gasteiger partial charge on any atom is 0.159 e. The second-order valence-corrected chi connectivity index (χ2v) is 7.59. The minimum absolute atomic E-state index is 0.205. The van der Waals surface area contributed by atoms with E-state index in [-0.39, 0.29) is 11.1 Å². The lowest BCUT2D eigenvalue weighted by Gasteiger charge is -2.01. The summed E-state index contributed by atoms with van der Waals surface area (Å²) in [5, 5.41) is 0.940. The molecule has 0 fully saturated rings. The first-order chi connectivity index (χ1) is 15.9. The second kappa shape index (κ2) is 9.63. The molecule has 0 bridgehead atoms. The zero-order chi connectivity index (χ0) is 23.4. The highest BCUT2D eigenvalue weighted by Gasteiger charge is 2.09. The van der Waals surface area contributed by atoms with Crippen molar-refractivity contribution in [1.82, 2.24) is 0 Å². The highest BCUT2D eigenvalue weighted by molar-refractivity contribution is 5.84. The smallest absolute Gasteiger partial charge is 0.159 e. The third-order valence-corrected chi connectivity index (χ3v) is 5.10. The molecular formula is C29H18F4. The van der Waals surface area contributed by atoms with Gasteiger partial charge in [-0.15, -0.1) is 0 Å². The fraction of sp³-hybridized carbons (Fsp3) is 0.103. The van der Waals surface area contributed by atoms with Crippen LogP contribution in [0.4, 0.5) is 17.6 Å². The van der Waals surface area contributed by atoms with E-state index < -0.39 is 23.3 Å². The van der Waals surface area contributed by atoms with Crippen molar-refractivity contribution in [2.24, 2.45) is 0 Å². The van der Waals surface area contributed by atoms with Gasteiger partial charge in [-0.3, -0.25) is 0 Å². The van der Waals surface area contributed by atoms with Gasteiger partial charge in [-0.05, 0) is 71.3 Å². The number of halogens is 4. The molecule has 4 aromatic carbocycles. The van der Waals surface area contributed by atoms with E-state index in [2.05, 4.69) is 30.6 Å². The molecule has 0 nitrogen and oxygen atoms in total. The predicted octanol–water partition coefficient (Wildman–Crippen LogP) is 7.15. The Morgan fingerprint density at radius 1 is 0.545 bits per heavy atom. The summed E-state index contributed by atoms with van der Waals surface area (Å²) in [6, 6.07) is 16.9. The van der Waals surface area contributed by atoms with Crippen LogP contribution < -0.4 is 0 Å². The Morgan fingerprint density at radius 3 is 1.79 bits per heavy atom. The van der Waals surface area contributed by atoms with Crippen LogP contribution in [0, 0.1) is 47.0 Å². The van der Waals surface area contributed by atoms with Crippen molar-refractivity contribution in [3.8, 4) is 23.7 Å². The van der Waals surface area contributed by atoms with Crippen molar-refractivity contribution >= 4 is 10.8 Å². The average Bonchev–Trinajstić information content (AvgIpc) is 2.79. The molecule has 33 heavy (non-hydrogen) atoms. The van der Waals surface area contributed by atoms with Gasteiger partial charge in [0.05, 0.1) is 5.56 Å². The van der Waals surface area contributed by atoms with Crippen molar-refractivity contribution in [3.63, 3.8) is 0 Å². The van der Waals surface area contributed by atoms with Crippen LogP contribution >= 0.6 is 0 Å². The molecule has 0 saturated heterocycles. The summed E-state index contributed by atoms with van der Waals surface area (Å²) in [6.07, 6.45) is 2.04. The van der Waals surface area contributed by atoms with Gasteiger partial charge in [0.1, 0.15) is 11.6 Å². The number of rotatable bonds is 2. The summed E-state index contributed by atoms with van der Waals surface area (Å²) in [7, 11) is 0. The molecule has 162 valence electrons. The third-order valence-electron chi connectivity index (χ3n) is 5.10. The molecule has 0 spiro atoms. The first-order valence-electron chi connectivity index (χ1n) is 10.4. The lowest BCUT2D eigenvalue weighted by atomic mass is 10.1. The maximum atomic E-state index is 14.5. The molecule has 0 aliphatic heterocycles. The fourth-order valence-electron chi connectivity index (χ4n) is 3.41. The van der Waals surface area contributed by atoms with Crippen LogP contribution in [-0.4, -0.2) is 0 Å². The van der Waals surface area contributed by atoms with Gasteiger partial charge in [0.2, 0.25) is 0 Å². The summed E-state index contributed by atoms with van der Waals surface area (Å²) < 4.78 is 55.9. The molecule has 0 N–H and O–H groups in total. The van der Waals surface area contributed by atoms with Crippen LogP contribution in [0.2, 0.25) is 0 Å². The third kappa shape index (κ3) is 5.25. The first-order valence-corrected chi connectivity index (χ1v) is 10.4. The minimum atomic E-state index is -0.974. The molecule has 4 heteroatoms. The molecule has 0 aliphatic rings. The van der Waals surface area contributed by atoms with Gasteiger partial charge in [-0.1, -0.05) is 55.2 Å². The van der Waals surface area contributed by atoms with Crippen LogP contribution in [0.5, 0.6) is 0 Å². The Bertz CT molecular complexity index is 1440. The molecule has 0 unspecified atom stereocenters. The predicted molar refractivity (Wildman–Crippen MR) is 123 cm³/mol. The minimum Gasteiger partial charge on any atom is -0.205 e. The van der Waals surface area contributed by atoms with E-state index in [1.165, 1.54) is 11.6 Å². The molecule has 0 aromatic heterocycles. The van der Waals surface area contributed by atoms with Gasteiger partial charge in [0.25, 0.3) is 0 Å². The highest BCUT2D eigenvalue weighted by atomic mass is 19.2. The fourth-order valence-corrected chi connectivity index (χ4v) is 3.41. The number of hydrogen-bond acceptors (Lipinski definition) is 0. The number of benzene rings is 4. The summed E-state index contributed by atoms with van der Waals surface area (Å²) in [5.41, 5.74) is 2.22. The standard InChI is InChI=1S/C29H18F4/c1-2-3-19-4-6-20(7-5-19)8-9-22-15-26(30)25(27(31)16-22)13-11-21-10-12-23-17-28(32)29(33)18-24(23)14-21/h4-7,10,12,14-18H,2-3H2,1H3. The van der Waals surface area contributed by atoms with Gasteiger partial charge < -0.3 is 0 Å². The molecule has 4 rings (SSSR count). The Kier molecular flexibility index (Phi) is 6.48. The van der Waals surface area contributed by atoms with Gasteiger partial charge in [0.15, 0.2) is 11.6 Å². The van der Waals surface area contributed by atoms with Crippen LogP contribution in [0.25, 0.3) is 10.8 Å². The topological polar surface area (TPSA) is 0 Å². The molecule has 0 atom stereocenters. The van der Waals surface area contributed by atoms with Crippen molar-refractivity contribution < 1.29 is 17.6 Å². The van der Waals surface area contributed by atoms with Crippen LogP contribution in [0.3, 0.4) is 0 Å². The molecule has 0 saturated carbocycles. The normalized spacial score (nSPS) is 10.3. The quantitative estimate of drug-likeness (QED) is 0.228. The summed E-state index contributed by atoms with van der Waals surface area (Å²) in [4.78, 5) is 0. The molecule has 0 amide bonds. The van der Waals surface area contributed by atoms with Gasteiger partial charge in [0, 0.05) is 16.7 Å². The Balaban J connectivity index is 1.58. The van der Waals surface area contributed by atoms with Crippen molar-refractivity contribution in [3.05, 3.63) is 118 Å². The summed E-state index contributed by atoms with van der Waals surface area (Å²) in [6.45, 7) is 2.11. The van der Waals surface area contributed by atoms with E-state index in [1.807, 2.05) is 24.3 Å². The van der Waals surface area contributed by atoms with E-state index >= 15 is 0 Å². The van der Waals surface area contributed by atoms with Gasteiger partial charge >= 0.3 is 0 Å². The zero-order valence-corrected chi connectivity index (χ0v) is 17.8. The molecule has 0 aliphatic carbocycles. The molecule has 4 aromatic rings. The monoisotopic (exact) mass is 442 g/mol. The van der Waals surface area contributed by atoms with E-state index in [0.717, 1.165) is 42.7 Å². The second-order valence-electron chi connectivity index (χ2n) is 7.59. The number of fused-ring (bicyclic) bond motifs is 1. The van der Waals surface area contributed by atoms with E-state index in [9.17, 15) is 17.6 Å². The largest absolute Gasteiger partial charge is 0.205 e. The van der Waals surface area contributed by atoms with Gasteiger partial charge in [-0.25, -0.2) is 17.6 Å². The van der Waals surface area contributed by atoms with Gasteiger partial charge in [-0.2, -0.15) is 0 Å².